The third-order valence-corrected chi connectivity index (χ3v) is 3.78. The fourth-order valence-corrected chi connectivity index (χ4v) is 2.60. The lowest BCUT2D eigenvalue weighted by Gasteiger charge is -2.19. The molecule has 100 valence electrons. The minimum absolute atomic E-state index is 0.104. The number of furan rings is 1. The Hall–Kier alpha value is -1.81. The normalized spacial score (nSPS) is 20.9. The topological polar surface area (TPSA) is 59.5 Å². The van der Waals surface area contributed by atoms with Gasteiger partial charge in [0.05, 0.1) is 5.92 Å². The molecule has 1 fully saturated rings. The van der Waals surface area contributed by atoms with Gasteiger partial charge in [0.25, 0.3) is 0 Å². The van der Waals surface area contributed by atoms with Crippen LogP contribution in [0.15, 0.2) is 34.7 Å². The van der Waals surface area contributed by atoms with Crippen LogP contribution >= 0.6 is 0 Å². The first kappa shape index (κ1) is 12.2. The largest absolute Gasteiger partial charge is 0.460 e. The number of para-hydroxylation sites is 1. The van der Waals surface area contributed by atoms with E-state index in [2.05, 4.69) is 0 Å². The fourth-order valence-electron chi connectivity index (χ4n) is 2.60. The number of rotatable bonds is 2. The Labute approximate surface area is 112 Å². The van der Waals surface area contributed by atoms with E-state index in [1.807, 2.05) is 42.2 Å². The number of benzene rings is 1. The highest BCUT2D eigenvalue weighted by Gasteiger charge is 2.29. The van der Waals surface area contributed by atoms with Crippen molar-refractivity contribution in [3.8, 4) is 0 Å². The first-order valence-corrected chi connectivity index (χ1v) is 6.68. The van der Waals surface area contributed by atoms with E-state index in [4.69, 9.17) is 10.2 Å². The number of carbonyl (C=O) groups excluding carboxylic acids is 1. The first-order chi connectivity index (χ1) is 9.15. The van der Waals surface area contributed by atoms with Crippen molar-refractivity contribution in [3.63, 3.8) is 0 Å². The van der Waals surface area contributed by atoms with Crippen molar-refractivity contribution in [3.05, 3.63) is 36.1 Å². The molecule has 0 radical (unpaired) electrons. The molecule has 3 rings (SSSR count). The van der Waals surface area contributed by atoms with Crippen LogP contribution in [-0.2, 0) is 4.79 Å². The molecule has 0 bridgehead atoms. The molecule has 19 heavy (non-hydrogen) atoms. The Kier molecular flexibility index (Phi) is 3.03. The Morgan fingerprint density at radius 1 is 1.47 bits per heavy atom. The Morgan fingerprint density at radius 2 is 2.26 bits per heavy atom. The van der Waals surface area contributed by atoms with Gasteiger partial charge in [-0.15, -0.1) is 0 Å². The van der Waals surface area contributed by atoms with Crippen LogP contribution in [-0.4, -0.2) is 29.9 Å². The quantitative estimate of drug-likeness (QED) is 0.897. The highest BCUT2D eigenvalue weighted by atomic mass is 16.3. The molecule has 0 spiro atoms. The summed E-state index contributed by atoms with van der Waals surface area (Å²) in [6.07, 6.45) is 0.887. The Morgan fingerprint density at radius 3 is 2.95 bits per heavy atom. The molecule has 2 heterocycles. The van der Waals surface area contributed by atoms with Gasteiger partial charge >= 0.3 is 0 Å². The summed E-state index contributed by atoms with van der Waals surface area (Å²) >= 11 is 0. The maximum atomic E-state index is 12.4. The zero-order chi connectivity index (χ0) is 13.4. The van der Waals surface area contributed by atoms with Crippen LogP contribution in [0.1, 0.15) is 25.0 Å². The molecule has 1 aromatic heterocycles. The molecule has 1 aromatic carbocycles. The summed E-state index contributed by atoms with van der Waals surface area (Å²) < 4.78 is 5.76. The van der Waals surface area contributed by atoms with E-state index in [0.717, 1.165) is 29.7 Å². The van der Waals surface area contributed by atoms with Crippen LogP contribution < -0.4 is 5.73 Å². The summed E-state index contributed by atoms with van der Waals surface area (Å²) in [6.45, 7) is 3.30. The van der Waals surface area contributed by atoms with Gasteiger partial charge in [-0.05, 0) is 25.5 Å². The molecule has 1 aliphatic rings. The van der Waals surface area contributed by atoms with Gasteiger partial charge in [0.1, 0.15) is 11.3 Å². The average Bonchev–Trinajstić information content (AvgIpc) is 3.02. The maximum Gasteiger partial charge on any atom is 0.233 e. The number of likely N-dealkylation sites (tertiary alicyclic amines) is 1. The van der Waals surface area contributed by atoms with Crippen LogP contribution in [0, 0.1) is 0 Å². The van der Waals surface area contributed by atoms with Crippen molar-refractivity contribution >= 4 is 16.9 Å². The van der Waals surface area contributed by atoms with Gasteiger partial charge in [-0.3, -0.25) is 4.79 Å². The second kappa shape index (κ2) is 4.70. The molecule has 0 aliphatic carbocycles. The average molecular weight is 258 g/mol. The molecular weight excluding hydrogens is 240 g/mol. The summed E-state index contributed by atoms with van der Waals surface area (Å²) in [5, 5.41) is 1.04. The van der Waals surface area contributed by atoms with Crippen molar-refractivity contribution in [1.29, 1.82) is 0 Å². The summed E-state index contributed by atoms with van der Waals surface area (Å²) in [5.41, 5.74) is 6.67. The predicted molar refractivity (Wildman–Crippen MR) is 73.8 cm³/mol. The van der Waals surface area contributed by atoms with E-state index in [0.29, 0.717) is 6.54 Å². The van der Waals surface area contributed by atoms with Crippen molar-refractivity contribution in [2.75, 3.05) is 13.1 Å². The predicted octanol–water partition coefficient (Wildman–Crippen LogP) is 2.10. The molecule has 1 saturated heterocycles. The molecular formula is C15H18N2O2. The molecule has 0 saturated carbocycles. The lowest BCUT2D eigenvalue weighted by atomic mass is 10.1. The fraction of sp³-hybridized carbons (Fsp3) is 0.400. The number of amides is 1. The van der Waals surface area contributed by atoms with Crippen molar-refractivity contribution < 1.29 is 9.21 Å². The highest BCUT2D eigenvalue weighted by molar-refractivity contribution is 5.85. The SMILES string of the molecule is CC(C(=O)N1CC[C@@H](N)C1)c1cc2ccccc2o1. The lowest BCUT2D eigenvalue weighted by molar-refractivity contribution is -0.131. The van der Waals surface area contributed by atoms with Crippen molar-refractivity contribution in [2.45, 2.75) is 25.3 Å². The first-order valence-electron chi connectivity index (χ1n) is 6.68. The van der Waals surface area contributed by atoms with Gasteiger partial charge in [0.2, 0.25) is 5.91 Å². The van der Waals surface area contributed by atoms with Crippen LogP contribution in [0.4, 0.5) is 0 Å². The van der Waals surface area contributed by atoms with Gasteiger partial charge in [-0.2, -0.15) is 0 Å². The Bertz CT molecular complexity index is 572. The number of carbonyl (C=O) groups is 1. The molecule has 1 unspecified atom stereocenters. The highest BCUT2D eigenvalue weighted by Crippen LogP contribution is 2.27. The number of fused-ring (bicyclic) bond motifs is 1. The van der Waals surface area contributed by atoms with E-state index in [-0.39, 0.29) is 17.9 Å². The second-order valence-electron chi connectivity index (χ2n) is 5.24. The van der Waals surface area contributed by atoms with Gasteiger partial charge in [-0.25, -0.2) is 0 Å². The standard InChI is InChI=1S/C15H18N2O2/c1-10(15(18)17-7-6-12(16)9-17)14-8-11-4-2-3-5-13(11)19-14/h2-5,8,10,12H,6-7,9,16H2,1H3/t10?,12-/m1/s1. The van der Waals surface area contributed by atoms with Crippen molar-refractivity contribution in [1.82, 2.24) is 4.90 Å². The minimum atomic E-state index is -0.252. The number of nitrogens with two attached hydrogens (primary N) is 1. The minimum Gasteiger partial charge on any atom is -0.460 e. The van der Waals surface area contributed by atoms with E-state index < -0.39 is 0 Å². The zero-order valence-electron chi connectivity index (χ0n) is 11.0. The molecule has 4 heteroatoms. The van der Waals surface area contributed by atoms with Crippen LogP contribution in [0.5, 0.6) is 0 Å². The van der Waals surface area contributed by atoms with E-state index >= 15 is 0 Å². The summed E-state index contributed by atoms with van der Waals surface area (Å²) in [5.74, 6) is 0.580. The summed E-state index contributed by atoms with van der Waals surface area (Å²) in [6, 6.07) is 9.88. The smallest absolute Gasteiger partial charge is 0.233 e. The summed E-state index contributed by atoms with van der Waals surface area (Å²) in [4.78, 5) is 14.2. The van der Waals surface area contributed by atoms with Gasteiger partial charge < -0.3 is 15.1 Å². The summed E-state index contributed by atoms with van der Waals surface area (Å²) in [7, 11) is 0. The van der Waals surface area contributed by atoms with Crippen LogP contribution in [0.25, 0.3) is 11.0 Å². The van der Waals surface area contributed by atoms with Crippen LogP contribution in [0.2, 0.25) is 0 Å². The van der Waals surface area contributed by atoms with Gasteiger partial charge in [-0.1, -0.05) is 18.2 Å². The number of hydrogen-bond acceptors (Lipinski definition) is 3. The van der Waals surface area contributed by atoms with Crippen LogP contribution in [0.3, 0.4) is 0 Å². The lowest BCUT2D eigenvalue weighted by Crippen LogP contribution is -2.34. The molecule has 1 amide bonds. The third-order valence-electron chi connectivity index (χ3n) is 3.78. The third kappa shape index (κ3) is 2.24. The second-order valence-corrected chi connectivity index (χ2v) is 5.24. The Balaban J connectivity index is 1.82. The molecule has 4 nitrogen and oxygen atoms in total. The van der Waals surface area contributed by atoms with Crippen molar-refractivity contribution in [2.24, 2.45) is 5.73 Å². The molecule has 2 aromatic rings. The zero-order valence-corrected chi connectivity index (χ0v) is 11.0. The number of hydrogen-bond donors (Lipinski definition) is 1. The van der Waals surface area contributed by atoms with Gasteiger partial charge in [0, 0.05) is 24.5 Å². The molecule has 2 N–H and O–H groups in total. The van der Waals surface area contributed by atoms with E-state index in [1.54, 1.807) is 0 Å². The molecule has 1 aliphatic heterocycles. The number of nitrogens with zero attached hydrogens (tertiary/aromatic N) is 1. The van der Waals surface area contributed by atoms with Gasteiger partial charge in [0.15, 0.2) is 0 Å². The van der Waals surface area contributed by atoms with E-state index in [9.17, 15) is 4.79 Å². The maximum absolute atomic E-state index is 12.4. The monoisotopic (exact) mass is 258 g/mol. The molecule has 2 atom stereocenters. The van der Waals surface area contributed by atoms with E-state index in [1.165, 1.54) is 0 Å².